The quantitative estimate of drug-likeness (QED) is 0.0198. The number of unbranched alkanes of at least 4 members (excludes halogenated alkanes) is 29. The molecule has 0 N–H and O–H groups in total. The van der Waals surface area contributed by atoms with Gasteiger partial charge < -0.3 is 27.9 Å². The van der Waals surface area contributed by atoms with Gasteiger partial charge in [0, 0.05) is 13.0 Å². The van der Waals surface area contributed by atoms with Crippen LogP contribution in [0.4, 0.5) is 0 Å². The predicted molar refractivity (Wildman–Crippen MR) is 250 cm³/mol. The fourth-order valence-electron chi connectivity index (χ4n) is 7.07. The number of carbonyl (C=O) groups excluding carboxylic acids is 1. The molecule has 0 fully saturated rings. The van der Waals surface area contributed by atoms with Crippen molar-refractivity contribution >= 4 is 13.8 Å². The summed E-state index contributed by atoms with van der Waals surface area (Å²) in [6.07, 6.45) is 50.5. The number of likely N-dealkylation sites (N-methyl/N-ethyl adjacent to an activating group) is 1. The Morgan fingerprint density at radius 3 is 1.29 bits per heavy atom. The van der Waals surface area contributed by atoms with Gasteiger partial charge in [0.25, 0.3) is 7.82 Å². The van der Waals surface area contributed by atoms with Gasteiger partial charge in [0.15, 0.2) is 0 Å². The molecule has 2 unspecified atom stereocenters. The molecule has 0 heterocycles. The highest BCUT2D eigenvalue weighted by molar-refractivity contribution is 7.45. The molecule has 0 spiro atoms. The van der Waals surface area contributed by atoms with E-state index in [-0.39, 0.29) is 25.8 Å². The summed E-state index contributed by atoms with van der Waals surface area (Å²) in [7, 11) is 1.36. The number of hydrogen-bond acceptors (Lipinski definition) is 7. The van der Waals surface area contributed by atoms with Gasteiger partial charge in [0.2, 0.25) is 0 Å². The van der Waals surface area contributed by atoms with E-state index in [9.17, 15) is 14.3 Å². The van der Waals surface area contributed by atoms with Gasteiger partial charge in [-0.05, 0) is 64.2 Å². The van der Waals surface area contributed by atoms with E-state index in [1.165, 1.54) is 180 Å². The third kappa shape index (κ3) is 47.9. The van der Waals surface area contributed by atoms with Gasteiger partial charge in [-0.2, -0.15) is 0 Å². The summed E-state index contributed by atoms with van der Waals surface area (Å²) in [5.74, 6) is -0.335. The van der Waals surface area contributed by atoms with Gasteiger partial charge in [0.1, 0.15) is 19.3 Å². The standard InChI is InChI=1S/C50H98NO7P/c1-6-8-10-12-14-16-18-20-22-24-25-26-27-28-29-31-33-35-37-39-41-43-50(52)58-49(48-57-59(53,54)56-46-44-51(3,4)5)47-55-45-42-40-38-36-34-32-30-23-21-19-17-15-13-11-9-7-2/h21,23-25,49H,6-20,22,26-48H2,1-5H3/b23-21-,25-24-. The van der Waals surface area contributed by atoms with Crippen molar-refractivity contribution < 1.29 is 37.3 Å². The zero-order valence-electron chi connectivity index (χ0n) is 39.7. The molecule has 0 aliphatic rings. The molecule has 59 heavy (non-hydrogen) atoms. The highest BCUT2D eigenvalue weighted by Gasteiger charge is 2.20. The number of carbonyl (C=O) groups is 1. The SMILES string of the molecule is CCCCCCCC/C=C\CCCCCCCCOCC(COP(=O)([O-])OCC[N+](C)(C)C)OC(=O)CCCCCCCCCCC/C=C\CCCCCCCCCC. The number of ether oxygens (including phenoxy) is 2. The first-order chi connectivity index (χ1) is 28.6. The molecule has 0 amide bonds. The molecule has 0 saturated carbocycles. The summed E-state index contributed by atoms with van der Waals surface area (Å²) in [5, 5.41) is 0. The van der Waals surface area contributed by atoms with Crippen LogP contribution in [0.2, 0.25) is 0 Å². The first-order valence-electron chi connectivity index (χ1n) is 25.1. The molecule has 0 radical (unpaired) electrons. The van der Waals surface area contributed by atoms with Crippen LogP contribution in [0.15, 0.2) is 24.3 Å². The van der Waals surface area contributed by atoms with E-state index in [2.05, 4.69) is 38.2 Å². The second kappa shape index (κ2) is 43.6. The lowest BCUT2D eigenvalue weighted by molar-refractivity contribution is -0.870. The number of rotatable bonds is 47. The molecule has 0 rings (SSSR count). The van der Waals surface area contributed by atoms with Gasteiger partial charge in [-0.1, -0.05) is 186 Å². The lowest BCUT2D eigenvalue weighted by Crippen LogP contribution is -2.37. The third-order valence-corrected chi connectivity index (χ3v) is 11.9. The Morgan fingerprint density at radius 1 is 0.508 bits per heavy atom. The molecule has 2 atom stereocenters. The lowest BCUT2D eigenvalue weighted by Gasteiger charge is -2.28. The fraction of sp³-hybridized carbons (Fsp3) is 0.900. The Hall–Kier alpha value is -1.02. The summed E-state index contributed by atoms with van der Waals surface area (Å²) < 4.78 is 34.7. The second-order valence-corrected chi connectivity index (χ2v) is 19.6. The Morgan fingerprint density at radius 2 is 0.881 bits per heavy atom. The fourth-order valence-corrected chi connectivity index (χ4v) is 7.79. The van der Waals surface area contributed by atoms with E-state index in [0.717, 1.165) is 32.1 Å². The number of hydrogen-bond donors (Lipinski definition) is 0. The third-order valence-electron chi connectivity index (χ3n) is 11.0. The predicted octanol–water partition coefficient (Wildman–Crippen LogP) is 14.5. The largest absolute Gasteiger partial charge is 0.756 e. The molecular formula is C50H98NO7P. The van der Waals surface area contributed by atoms with Crippen molar-refractivity contribution in [1.29, 1.82) is 0 Å². The van der Waals surface area contributed by atoms with Crippen LogP contribution in [0.1, 0.15) is 232 Å². The number of quaternary nitrogens is 1. The van der Waals surface area contributed by atoms with Crippen molar-refractivity contribution in [2.75, 3.05) is 54.1 Å². The minimum Gasteiger partial charge on any atom is -0.756 e. The molecule has 0 bridgehead atoms. The monoisotopic (exact) mass is 856 g/mol. The molecule has 0 aromatic rings. The van der Waals surface area contributed by atoms with Crippen molar-refractivity contribution in [1.82, 2.24) is 0 Å². The van der Waals surface area contributed by atoms with E-state index in [1.54, 1.807) is 0 Å². The molecule has 0 aliphatic heterocycles. The van der Waals surface area contributed by atoms with Crippen LogP contribution in [0.5, 0.6) is 0 Å². The first kappa shape index (κ1) is 58.0. The smallest absolute Gasteiger partial charge is 0.306 e. The average molecular weight is 856 g/mol. The lowest BCUT2D eigenvalue weighted by atomic mass is 10.1. The van der Waals surface area contributed by atoms with Crippen molar-refractivity contribution in [2.24, 2.45) is 0 Å². The minimum absolute atomic E-state index is 0.0261. The summed E-state index contributed by atoms with van der Waals surface area (Å²) in [6.45, 7) is 5.43. The number of phosphoric acid groups is 1. The van der Waals surface area contributed by atoms with Gasteiger partial charge in [0.05, 0.1) is 34.4 Å². The van der Waals surface area contributed by atoms with Crippen LogP contribution in [-0.4, -0.2) is 70.7 Å². The molecule has 8 nitrogen and oxygen atoms in total. The maximum absolute atomic E-state index is 12.7. The van der Waals surface area contributed by atoms with Crippen LogP contribution >= 0.6 is 7.82 Å². The van der Waals surface area contributed by atoms with Gasteiger partial charge in [-0.3, -0.25) is 9.36 Å². The maximum Gasteiger partial charge on any atom is 0.306 e. The summed E-state index contributed by atoms with van der Waals surface area (Å²) in [4.78, 5) is 25.1. The van der Waals surface area contributed by atoms with E-state index >= 15 is 0 Å². The van der Waals surface area contributed by atoms with Crippen LogP contribution in [0, 0.1) is 0 Å². The van der Waals surface area contributed by atoms with Gasteiger partial charge in [-0.25, -0.2) is 0 Å². The normalized spacial score (nSPS) is 13.8. The first-order valence-corrected chi connectivity index (χ1v) is 26.5. The highest BCUT2D eigenvalue weighted by Crippen LogP contribution is 2.38. The Balaban J connectivity index is 4.14. The Bertz CT molecular complexity index is 998. The van der Waals surface area contributed by atoms with Crippen molar-refractivity contribution in [3.63, 3.8) is 0 Å². The average Bonchev–Trinajstić information content (AvgIpc) is 3.19. The van der Waals surface area contributed by atoms with Gasteiger partial charge in [-0.15, -0.1) is 0 Å². The molecule has 0 aromatic heterocycles. The van der Waals surface area contributed by atoms with Crippen molar-refractivity contribution in [3.05, 3.63) is 24.3 Å². The molecule has 0 aromatic carbocycles. The van der Waals surface area contributed by atoms with Crippen molar-refractivity contribution in [3.8, 4) is 0 Å². The Labute approximate surface area is 366 Å². The number of phosphoric ester groups is 1. The second-order valence-electron chi connectivity index (χ2n) is 18.2. The van der Waals surface area contributed by atoms with Gasteiger partial charge >= 0.3 is 5.97 Å². The summed E-state index contributed by atoms with van der Waals surface area (Å²) in [6, 6.07) is 0. The van der Waals surface area contributed by atoms with Crippen LogP contribution < -0.4 is 4.89 Å². The van der Waals surface area contributed by atoms with E-state index in [4.69, 9.17) is 18.5 Å². The highest BCUT2D eigenvalue weighted by atomic mass is 31.2. The van der Waals surface area contributed by atoms with E-state index < -0.39 is 13.9 Å². The van der Waals surface area contributed by atoms with E-state index in [1.807, 2.05) is 21.1 Å². The van der Waals surface area contributed by atoms with Crippen LogP contribution in [-0.2, 0) is 27.9 Å². The van der Waals surface area contributed by atoms with E-state index in [0.29, 0.717) is 24.1 Å². The topological polar surface area (TPSA) is 94.1 Å². The zero-order chi connectivity index (χ0) is 43.4. The molecule has 350 valence electrons. The molecular weight excluding hydrogens is 758 g/mol. The number of allylic oxidation sites excluding steroid dienone is 4. The molecule has 9 heteroatoms. The maximum atomic E-state index is 12.7. The summed E-state index contributed by atoms with van der Waals surface area (Å²) in [5.41, 5.74) is 0. The minimum atomic E-state index is -4.53. The van der Waals surface area contributed by atoms with Crippen molar-refractivity contribution in [2.45, 2.75) is 238 Å². The zero-order valence-corrected chi connectivity index (χ0v) is 40.6. The number of esters is 1. The number of nitrogens with zero attached hydrogens (tertiary/aromatic N) is 1. The summed E-state index contributed by atoms with van der Waals surface area (Å²) >= 11 is 0. The molecule has 0 saturated heterocycles. The Kier molecular flexibility index (Phi) is 42.9. The van der Waals surface area contributed by atoms with Crippen LogP contribution in [0.3, 0.4) is 0 Å². The van der Waals surface area contributed by atoms with Crippen LogP contribution in [0.25, 0.3) is 0 Å². The molecule has 0 aliphatic carbocycles.